The van der Waals surface area contributed by atoms with Crippen LogP contribution >= 0.6 is 8.53 Å². The van der Waals surface area contributed by atoms with Gasteiger partial charge in [0.05, 0.1) is 6.10 Å². The van der Waals surface area contributed by atoms with Crippen molar-refractivity contribution in [3.8, 4) is 0 Å². The molecule has 9 nitrogen and oxygen atoms in total. The fraction of sp³-hybridized carbons (Fsp3) is 0.722. The van der Waals surface area contributed by atoms with Crippen LogP contribution in [0.4, 0.5) is 4.39 Å². The van der Waals surface area contributed by atoms with Gasteiger partial charge in [-0.3, -0.25) is 14.3 Å². The largest absolute Gasteiger partial charge is 0.349 e. The minimum Gasteiger partial charge on any atom is -0.349 e. The number of halogens is 1. The quantitative estimate of drug-likeness (QED) is 0.367. The first-order valence-corrected chi connectivity index (χ1v) is 10.5. The Balaban J connectivity index is 2.38. The predicted molar refractivity (Wildman–Crippen MR) is 107 cm³/mol. The van der Waals surface area contributed by atoms with Crippen molar-refractivity contribution >= 4 is 8.53 Å². The van der Waals surface area contributed by atoms with Gasteiger partial charge < -0.3 is 18.6 Å². The first-order valence-electron chi connectivity index (χ1n) is 10.0. The van der Waals surface area contributed by atoms with E-state index in [4.69, 9.17) is 21.7 Å². The van der Waals surface area contributed by atoms with Crippen molar-refractivity contribution in [3.05, 3.63) is 44.5 Å². The van der Waals surface area contributed by atoms with E-state index in [0.29, 0.717) is 0 Å². The van der Waals surface area contributed by atoms with Gasteiger partial charge in [-0.25, -0.2) is 20.4 Å². The molecule has 1 aliphatic rings. The Hall–Kier alpha value is -1.63. The van der Waals surface area contributed by atoms with Gasteiger partial charge in [0.15, 0.2) is 12.4 Å². The van der Waals surface area contributed by atoms with Crippen molar-refractivity contribution in [3.63, 3.8) is 0 Å². The number of nitrogens with one attached hydrogen (secondary N) is 1. The summed E-state index contributed by atoms with van der Waals surface area (Å²) in [5, 5.41) is 0. The van der Waals surface area contributed by atoms with Crippen LogP contribution in [0.25, 0.3) is 4.85 Å². The van der Waals surface area contributed by atoms with Crippen LogP contribution in [-0.4, -0.2) is 57.8 Å². The van der Waals surface area contributed by atoms with E-state index >= 15 is 4.39 Å². The van der Waals surface area contributed by atoms with Crippen molar-refractivity contribution in [2.75, 3.05) is 13.2 Å². The lowest BCUT2D eigenvalue weighted by Gasteiger charge is -2.37. The zero-order valence-electron chi connectivity index (χ0n) is 17.9. The number of aromatic nitrogens is 2. The number of aromatic amines is 1. The minimum absolute atomic E-state index is 0.00524. The zero-order chi connectivity index (χ0) is 22.4. The highest BCUT2D eigenvalue weighted by Crippen LogP contribution is 2.50. The standard InChI is InChI=1S/C18H28FN4O5P/c1-11(2)23(12(3)4)29(26-10-8-20-6)28-16-15(19)13(5)27-17(16)22-9-7-14(24)21-18(22)25/h7,9,11-13,15-17H,8,10H2,1-5H3,(H,21,24,25)/t13-,15?,16?,17-,29?/m1/s1/i5D. The van der Waals surface area contributed by atoms with E-state index < -0.39 is 44.4 Å². The first-order chi connectivity index (χ1) is 14.2. The van der Waals surface area contributed by atoms with E-state index in [2.05, 4.69) is 9.83 Å². The van der Waals surface area contributed by atoms with Crippen LogP contribution in [0.2, 0.25) is 0 Å². The third-order valence-corrected chi connectivity index (χ3v) is 6.38. The maximum Gasteiger partial charge on any atom is 0.330 e. The van der Waals surface area contributed by atoms with Crippen LogP contribution in [-0.2, 0) is 13.8 Å². The molecule has 3 unspecified atom stereocenters. The van der Waals surface area contributed by atoms with Gasteiger partial charge in [-0.2, -0.15) is 0 Å². The summed E-state index contributed by atoms with van der Waals surface area (Å²) in [6.07, 6.45) is -3.96. The van der Waals surface area contributed by atoms with Gasteiger partial charge in [0.2, 0.25) is 6.54 Å². The summed E-state index contributed by atoms with van der Waals surface area (Å²) in [6, 6.07) is 1.14. The third-order valence-electron chi connectivity index (χ3n) is 4.25. The normalized spacial score (nSPS) is 26.1. The monoisotopic (exact) mass is 431 g/mol. The Bertz CT molecular complexity index is 837. The summed E-state index contributed by atoms with van der Waals surface area (Å²) >= 11 is 0. The van der Waals surface area contributed by atoms with Crippen LogP contribution in [0.15, 0.2) is 21.9 Å². The molecular weight excluding hydrogens is 402 g/mol. The van der Waals surface area contributed by atoms with Crippen LogP contribution in [0.1, 0.15) is 42.2 Å². The fourth-order valence-corrected chi connectivity index (χ4v) is 4.78. The average Bonchev–Trinajstić information content (AvgIpc) is 2.97. The van der Waals surface area contributed by atoms with Gasteiger partial charge in [0, 0.05) is 25.7 Å². The summed E-state index contributed by atoms with van der Waals surface area (Å²) in [4.78, 5) is 29.0. The van der Waals surface area contributed by atoms with E-state index in [-0.39, 0.29) is 32.1 Å². The second-order valence-corrected chi connectivity index (χ2v) is 8.52. The van der Waals surface area contributed by atoms with Crippen molar-refractivity contribution in [1.29, 1.82) is 0 Å². The number of rotatable bonds is 9. The van der Waals surface area contributed by atoms with E-state index in [9.17, 15) is 9.59 Å². The number of hydrogen-bond acceptors (Lipinski definition) is 6. The molecule has 1 saturated heterocycles. The van der Waals surface area contributed by atoms with Crippen molar-refractivity contribution in [2.45, 2.75) is 71.3 Å². The molecule has 162 valence electrons. The number of hydrogen-bond donors (Lipinski definition) is 1. The van der Waals surface area contributed by atoms with E-state index in [0.717, 1.165) is 10.6 Å². The Morgan fingerprint density at radius 1 is 1.45 bits per heavy atom. The summed E-state index contributed by atoms with van der Waals surface area (Å²) in [7, 11) is -1.79. The summed E-state index contributed by atoms with van der Waals surface area (Å²) < 4.78 is 43.2. The number of H-pyrrole nitrogens is 1. The molecule has 5 atom stereocenters. The topological polar surface area (TPSA) is 90.2 Å². The first kappa shape index (κ1) is 22.1. The molecule has 0 bridgehead atoms. The third kappa shape index (κ3) is 5.71. The molecule has 0 aromatic carbocycles. The molecule has 0 spiro atoms. The number of nitrogens with zero attached hydrogens (tertiary/aromatic N) is 3. The molecule has 1 N–H and O–H groups in total. The molecule has 11 heteroatoms. The number of ether oxygens (including phenoxy) is 1. The predicted octanol–water partition coefficient (Wildman–Crippen LogP) is 2.46. The van der Waals surface area contributed by atoms with Crippen LogP contribution in [0.5, 0.6) is 0 Å². The highest BCUT2D eigenvalue weighted by Gasteiger charge is 2.48. The lowest BCUT2D eigenvalue weighted by molar-refractivity contribution is -0.0314. The summed E-state index contributed by atoms with van der Waals surface area (Å²) in [6.45, 7) is 14.6. The van der Waals surface area contributed by atoms with Gasteiger partial charge >= 0.3 is 5.69 Å². The molecule has 1 aromatic heterocycles. The Labute approximate surface area is 172 Å². The molecule has 0 aliphatic carbocycles. The van der Waals surface area contributed by atoms with Gasteiger partial charge in [-0.15, -0.1) is 0 Å². The van der Waals surface area contributed by atoms with E-state index in [1.165, 1.54) is 6.20 Å². The van der Waals surface area contributed by atoms with Gasteiger partial charge in [0.1, 0.15) is 12.7 Å². The molecule has 29 heavy (non-hydrogen) atoms. The number of alkyl halides is 1. The maximum absolute atomic E-state index is 15.1. The molecule has 0 amide bonds. The summed E-state index contributed by atoms with van der Waals surface area (Å²) in [5.74, 6) is 0. The Morgan fingerprint density at radius 3 is 2.69 bits per heavy atom. The second-order valence-electron chi connectivity index (χ2n) is 7.12. The molecule has 0 radical (unpaired) electrons. The van der Waals surface area contributed by atoms with Crippen LogP contribution < -0.4 is 11.2 Å². The molecule has 1 fully saturated rings. The SMILES string of the molecule is [2H]C[C@H]1O[C@@H](n2ccc(=O)[nH]c2=O)C(OP(OCC[N+]#[C-])N(C(C)C)C(C)C)C1F. The van der Waals surface area contributed by atoms with Crippen LogP contribution in [0.3, 0.4) is 0 Å². The lowest BCUT2D eigenvalue weighted by Crippen LogP contribution is -2.40. The maximum atomic E-state index is 15.1. The zero-order valence-corrected chi connectivity index (χ0v) is 17.8. The molecule has 1 aromatic rings. The summed E-state index contributed by atoms with van der Waals surface area (Å²) in [5.41, 5.74) is -1.35. The molecular formula is C18H28FN4O5P. The molecule has 1 aliphatic heterocycles. The minimum atomic E-state index is -1.79. The van der Waals surface area contributed by atoms with E-state index in [1.807, 2.05) is 32.4 Å². The van der Waals surface area contributed by atoms with Gasteiger partial charge in [-0.1, -0.05) is 0 Å². The Kier molecular flexibility index (Phi) is 7.92. The fourth-order valence-electron chi connectivity index (χ4n) is 3.06. The molecule has 0 saturated carbocycles. The van der Waals surface area contributed by atoms with Crippen molar-refractivity contribution in [2.24, 2.45) is 0 Å². The highest BCUT2D eigenvalue weighted by molar-refractivity contribution is 7.44. The van der Waals surface area contributed by atoms with E-state index in [1.54, 1.807) is 0 Å². The van der Waals surface area contributed by atoms with Gasteiger partial charge in [-0.05, 0) is 34.6 Å². The smallest absolute Gasteiger partial charge is 0.330 e. The second kappa shape index (κ2) is 10.4. The van der Waals surface area contributed by atoms with Crippen LogP contribution in [0, 0.1) is 6.57 Å². The highest BCUT2D eigenvalue weighted by atomic mass is 31.2. The average molecular weight is 431 g/mol. The molecule has 2 rings (SSSR count). The van der Waals surface area contributed by atoms with Gasteiger partial charge in [0.25, 0.3) is 14.1 Å². The Morgan fingerprint density at radius 2 is 2.14 bits per heavy atom. The van der Waals surface area contributed by atoms with Crippen molar-refractivity contribution in [1.82, 2.24) is 14.2 Å². The lowest BCUT2D eigenvalue weighted by atomic mass is 10.2. The van der Waals surface area contributed by atoms with Crippen molar-refractivity contribution < 1.29 is 19.5 Å². The molecule has 2 heterocycles.